The number of nitrogens with zero attached hydrogens (tertiary/aromatic N) is 1. The van der Waals surface area contributed by atoms with E-state index in [4.69, 9.17) is 23.2 Å². The van der Waals surface area contributed by atoms with Crippen molar-refractivity contribution in [2.45, 2.75) is 12.6 Å². The first-order chi connectivity index (χ1) is 11.5. The molecule has 1 unspecified atom stereocenters. The summed E-state index contributed by atoms with van der Waals surface area (Å²) < 4.78 is 0. The van der Waals surface area contributed by atoms with Crippen LogP contribution >= 0.6 is 23.2 Å². The summed E-state index contributed by atoms with van der Waals surface area (Å²) in [5.74, 6) is -0.816. The molecule has 1 heterocycles. The Hall–Kier alpha value is -2.01. The van der Waals surface area contributed by atoms with Crippen LogP contribution in [0.1, 0.15) is 27.5 Å². The number of fused-ring (bicyclic) bond motifs is 1. The summed E-state index contributed by atoms with van der Waals surface area (Å²) in [6, 6.07) is 11.3. The molecule has 0 bridgehead atoms. The third-order valence-corrected chi connectivity index (χ3v) is 4.61. The first-order valence-corrected chi connectivity index (χ1v) is 8.06. The van der Waals surface area contributed by atoms with Crippen molar-refractivity contribution in [1.29, 1.82) is 0 Å². The zero-order valence-corrected chi connectivity index (χ0v) is 14.1. The Labute approximate surface area is 149 Å². The van der Waals surface area contributed by atoms with Gasteiger partial charge in [-0.05, 0) is 29.3 Å². The standard InChI is InChI=1S/C18H13Cl2NO3/c19-12-5-6-15(20)14(7-12)16(23)9-21-8-11-3-1-2-4-13(11)18(21)17(24)10-22/h1-7,10,18H,8-9H2. The third kappa shape index (κ3) is 3.13. The van der Waals surface area contributed by atoms with Crippen LogP contribution in [0.5, 0.6) is 0 Å². The monoisotopic (exact) mass is 361 g/mol. The van der Waals surface area contributed by atoms with Crippen molar-refractivity contribution in [2.24, 2.45) is 0 Å². The van der Waals surface area contributed by atoms with E-state index in [1.165, 1.54) is 6.07 Å². The highest BCUT2D eigenvalue weighted by Gasteiger charge is 2.36. The van der Waals surface area contributed by atoms with E-state index in [-0.39, 0.29) is 12.3 Å². The van der Waals surface area contributed by atoms with Crippen molar-refractivity contribution < 1.29 is 14.4 Å². The smallest absolute Gasteiger partial charge is 0.216 e. The van der Waals surface area contributed by atoms with Gasteiger partial charge in [0.1, 0.15) is 6.04 Å². The Kier molecular flexibility index (Phi) is 4.81. The fourth-order valence-corrected chi connectivity index (χ4v) is 3.37. The van der Waals surface area contributed by atoms with Crippen molar-refractivity contribution >= 4 is 41.1 Å². The van der Waals surface area contributed by atoms with Crippen molar-refractivity contribution in [3.63, 3.8) is 0 Å². The minimum absolute atomic E-state index is 0.0288. The topological polar surface area (TPSA) is 54.5 Å². The molecule has 122 valence electrons. The van der Waals surface area contributed by atoms with Gasteiger partial charge in [0.05, 0.1) is 11.6 Å². The molecule has 24 heavy (non-hydrogen) atoms. The molecule has 1 aliphatic heterocycles. The molecule has 0 spiro atoms. The Morgan fingerprint density at radius 2 is 1.92 bits per heavy atom. The molecule has 0 fully saturated rings. The SMILES string of the molecule is O=CC(=O)C1c2ccccc2CN1CC(=O)c1cc(Cl)ccc1Cl. The highest BCUT2D eigenvalue weighted by atomic mass is 35.5. The second kappa shape index (κ2) is 6.85. The van der Waals surface area contributed by atoms with E-state index in [1.54, 1.807) is 23.1 Å². The van der Waals surface area contributed by atoms with Crippen LogP contribution in [-0.2, 0) is 16.1 Å². The first kappa shape index (κ1) is 16.8. The molecule has 0 saturated carbocycles. The lowest BCUT2D eigenvalue weighted by Crippen LogP contribution is -2.33. The molecule has 0 radical (unpaired) electrons. The molecule has 1 atom stereocenters. The van der Waals surface area contributed by atoms with Gasteiger partial charge in [0, 0.05) is 17.1 Å². The highest BCUT2D eigenvalue weighted by Crippen LogP contribution is 2.34. The molecule has 2 aromatic rings. The molecule has 0 amide bonds. The Morgan fingerprint density at radius 1 is 1.17 bits per heavy atom. The number of aldehydes is 1. The van der Waals surface area contributed by atoms with Gasteiger partial charge in [0.25, 0.3) is 0 Å². The van der Waals surface area contributed by atoms with Gasteiger partial charge in [0.15, 0.2) is 12.1 Å². The van der Waals surface area contributed by atoms with Gasteiger partial charge < -0.3 is 0 Å². The summed E-state index contributed by atoms with van der Waals surface area (Å²) >= 11 is 12.0. The number of rotatable bonds is 5. The summed E-state index contributed by atoms with van der Waals surface area (Å²) in [6.45, 7) is 0.392. The van der Waals surface area contributed by atoms with Crippen LogP contribution in [-0.4, -0.2) is 29.3 Å². The predicted molar refractivity (Wildman–Crippen MR) is 91.5 cm³/mol. The molecule has 3 rings (SSSR count). The average molecular weight is 362 g/mol. The van der Waals surface area contributed by atoms with Gasteiger partial charge in [-0.3, -0.25) is 19.3 Å². The van der Waals surface area contributed by atoms with Crippen LogP contribution in [0.25, 0.3) is 0 Å². The average Bonchev–Trinajstić information content (AvgIpc) is 2.94. The number of carbonyl (C=O) groups is 3. The molecule has 0 saturated heterocycles. The Balaban J connectivity index is 1.89. The van der Waals surface area contributed by atoms with Crippen LogP contribution < -0.4 is 0 Å². The third-order valence-electron chi connectivity index (χ3n) is 4.05. The van der Waals surface area contributed by atoms with Crippen molar-refractivity contribution in [3.8, 4) is 0 Å². The maximum absolute atomic E-state index is 12.6. The van der Waals surface area contributed by atoms with Gasteiger partial charge in [-0.1, -0.05) is 47.5 Å². The van der Waals surface area contributed by atoms with E-state index in [1.807, 2.05) is 18.2 Å². The molecular weight excluding hydrogens is 349 g/mol. The quantitative estimate of drug-likeness (QED) is 0.464. The van der Waals surface area contributed by atoms with Gasteiger partial charge >= 0.3 is 0 Å². The zero-order valence-electron chi connectivity index (χ0n) is 12.5. The normalized spacial score (nSPS) is 16.7. The Bertz CT molecular complexity index is 835. The van der Waals surface area contributed by atoms with E-state index in [0.717, 1.165) is 11.1 Å². The van der Waals surface area contributed by atoms with Gasteiger partial charge in [0.2, 0.25) is 5.78 Å². The number of Topliss-reactive ketones (excluding diaryl/α,β-unsaturated/α-hetero) is 2. The number of halogens is 2. The molecule has 1 aliphatic rings. The number of hydrogen-bond acceptors (Lipinski definition) is 4. The summed E-state index contributed by atoms with van der Waals surface area (Å²) in [7, 11) is 0. The van der Waals surface area contributed by atoms with Crippen molar-refractivity contribution in [2.75, 3.05) is 6.54 Å². The minimum atomic E-state index is -0.736. The van der Waals surface area contributed by atoms with Crippen molar-refractivity contribution in [3.05, 3.63) is 69.2 Å². The number of hydrogen-bond donors (Lipinski definition) is 0. The zero-order chi connectivity index (χ0) is 17.3. The van der Waals surface area contributed by atoms with Crippen molar-refractivity contribution in [1.82, 2.24) is 4.90 Å². The summed E-state index contributed by atoms with van der Waals surface area (Å²) in [6.07, 6.45) is 0.302. The fourth-order valence-electron chi connectivity index (χ4n) is 2.98. The predicted octanol–water partition coefficient (Wildman–Crippen LogP) is 3.50. The summed E-state index contributed by atoms with van der Waals surface area (Å²) in [5.41, 5.74) is 2.00. The van der Waals surface area contributed by atoms with E-state index in [2.05, 4.69) is 0 Å². The second-order valence-corrected chi connectivity index (χ2v) is 6.42. The molecule has 4 nitrogen and oxygen atoms in total. The summed E-state index contributed by atoms with van der Waals surface area (Å²) in [5, 5.41) is 0.715. The lowest BCUT2D eigenvalue weighted by molar-refractivity contribution is -0.133. The maximum atomic E-state index is 12.6. The van der Waals surface area contributed by atoms with E-state index < -0.39 is 11.8 Å². The minimum Gasteiger partial charge on any atom is -0.295 e. The van der Waals surface area contributed by atoms with E-state index >= 15 is 0 Å². The highest BCUT2D eigenvalue weighted by molar-refractivity contribution is 6.36. The fraction of sp³-hybridized carbons (Fsp3) is 0.167. The van der Waals surface area contributed by atoms with Gasteiger partial charge in [-0.2, -0.15) is 0 Å². The summed E-state index contributed by atoms with van der Waals surface area (Å²) in [4.78, 5) is 37.3. The van der Waals surface area contributed by atoms with Crippen LogP contribution in [0, 0.1) is 0 Å². The van der Waals surface area contributed by atoms with Gasteiger partial charge in [-0.15, -0.1) is 0 Å². The van der Waals surface area contributed by atoms with Crippen LogP contribution in [0.15, 0.2) is 42.5 Å². The molecule has 2 aromatic carbocycles. The van der Waals surface area contributed by atoms with Gasteiger partial charge in [-0.25, -0.2) is 0 Å². The lowest BCUT2D eigenvalue weighted by Gasteiger charge is -2.21. The number of ketones is 2. The number of benzene rings is 2. The second-order valence-electron chi connectivity index (χ2n) is 5.57. The number of carbonyl (C=O) groups excluding carboxylic acids is 3. The first-order valence-electron chi connectivity index (χ1n) is 7.30. The van der Waals surface area contributed by atoms with E-state index in [0.29, 0.717) is 28.4 Å². The lowest BCUT2D eigenvalue weighted by atomic mass is 10.0. The Morgan fingerprint density at radius 3 is 2.67 bits per heavy atom. The maximum Gasteiger partial charge on any atom is 0.216 e. The molecular formula is C18H13Cl2NO3. The molecule has 0 aromatic heterocycles. The van der Waals surface area contributed by atoms with Crippen LogP contribution in [0.4, 0.5) is 0 Å². The molecule has 0 aliphatic carbocycles. The van der Waals surface area contributed by atoms with E-state index in [9.17, 15) is 14.4 Å². The largest absolute Gasteiger partial charge is 0.295 e. The van der Waals surface area contributed by atoms with Crippen LogP contribution in [0.3, 0.4) is 0 Å². The molecule has 6 heteroatoms. The molecule has 0 N–H and O–H groups in total. The van der Waals surface area contributed by atoms with Crippen LogP contribution in [0.2, 0.25) is 10.0 Å².